The van der Waals surface area contributed by atoms with Gasteiger partial charge in [0.25, 0.3) is 5.91 Å². The Bertz CT molecular complexity index is 788. The second kappa shape index (κ2) is 8.99. The molecule has 3 rings (SSSR count). The van der Waals surface area contributed by atoms with E-state index in [0.29, 0.717) is 37.6 Å². The Morgan fingerprint density at radius 3 is 2.74 bits per heavy atom. The number of hydrogen-bond donors (Lipinski definition) is 0. The molecule has 0 N–H and O–H groups in total. The van der Waals surface area contributed by atoms with Gasteiger partial charge in [0.05, 0.1) is 23.2 Å². The Morgan fingerprint density at radius 1 is 1.30 bits per heavy atom. The second-order valence-electron chi connectivity index (χ2n) is 6.51. The number of likely N-dealkylation sites (tertiary alicyclic amines) is 1. The Balaban J connectivity index is 1.57. The lowest BCUT2D eigenvalue weighted by molar-refractivity contribution is -0.149. The van der Waals surface area contributed by atoms with E-state index in [2.05, 4.69) is 4.98 Å². The number of aromatic nitrogens is 1. The highest BCUT2D eigenvalue weighted by Crippen LogP contribution is 2.21. The number of thiazole rings is 1. The Kier molecular flexibility index (Phi) is 6.45. The molecular weight excluding hydrogens is 364 g/mol. The molecule has 0 saturated carbocycles. The van der Waals surface area contributed by atoms with E-state index in [1.807, 2.05) is 12.3 Å². The normalized spacial score (nSPS) is 16.8. The van der Waals surface area contributed by atoms with Gasteiger partial charge in [0, 0.05) is 24.0 Å². The summed E-state index contributed by atoms with van der Waals surface area (Å²) in [4.78, 5) is 30.8. The first-order valence-electron chi connectivity index (χ1n) is 9.16. The van der Waals surface area contributed by atoms with E-state index < -0.39 is 0 Å². The van der Waals surface area contributed by atoms with E-state index >= 15 is 0 Å². The predicted molar refractivity (Wildman–Crippen MR) is 103 cm³/mol. The average Bonchev–Trinajstić information content (AvgIpc) is 3.12. The van der Waals surface area contributed by atoms with Crippen LogP contribution in [0.1, 0.15) is 40.8 Å². The van der Waals surface area contributed by atoms with E-state index in [1.54, 1.807) is 47.4 Å². The van der Waals surface area contributed by atoms with E-state index in [1.165, 1.54) is 0 Å². The molecule has 2 aromatic rings. The smallest absolute Gasteiger partial charge is 0.310 e. The fourth-order valence-corrected chi connectivity index (χ4v) is 3.72. The summed E-state index contributed by atoms with van der Waals surface area (Å²) in [6.45, 7) is 5.61. The van der Waals surface area contributed by atoms with E-state index in [9.17, 15) is 9.59 Å². The first-order chi connectivity index (χ1) is 13.1. The van der Waals surface area contributed by atoms with Gasteiger partial charge in [-0.3, -0.25) is 9.59 Å². The maximum absolute atomic E-state index is 12.7. The summed E-state index contributed by atoms with van der Waals surface area (Å²) < 4.78 is 10.8. The standard InChI is InChI=1S/C20H24N2O4S/c1-3-25-20(24)16-5-4-10-22(11-16)19(23)15-6-8-18(9-7-15)26-12-17-13-27-14(2)21-17/h6-9,13,16H,3-5,10-12H2,1-2H3/t16-/m0/s1. The monoisotopic (exact) mass is 388 g/mol. The molecule has 7 heteroatoms. The maximum atomic E-state index is 12.7. The third kappa shape index (κ3) is 5.07. The number of carbonyl (C=O) groups is 2. The first kappa shape index (κ1) is 19.4. The molecule has 1 aliphatic rings. The second-order valence-corrected chi connectivity index (χ2v) is 7.58. The highest BCUT2D eigenvalue weighted by molar-refractivity contribution is 7.09. The van der Waals surface area contributed by atoms with Crippen LogP contribution in [0.25, 0.3) is 0 Å². The van der Waals surface area contributed by atoms with Gasteiger partial charge < -0.3 is 14.4 Å². The minimum absolute atomic E-state index is 0.0642. The van der Waals surface area contributed by atoms with Crippen molar-refractivity contribution in [3.05, 3.63) is 45.9 Å². The molecule has 27 heavy (non-hydrogen) atoms. The van der Waals surface area contributed by atoms with Crippen LogP contribution < -0.4 is 4.74 Å². The number of ether oxygens (including phenoxy) is 2. The van der Waals surface area contributed by atoms with Crippen molar-refractivity contribution in [3.63, 3.8) is 0 Å². The number of hydrogen-bond acceptors (Lipinski definition) is 6. The van der Waals surface area contributed by atoms with Crippen molar-refractivity contribution < 1.29 is 19.1 Å². The van der Waals surface area contributed by atoms with Gasteiger partial charge in [-0.15, -0.1) is 11.3 Å². The third-order valence-electron chi connectivity index (χ3n) is 4.48. The zero-order valence-corrected chi connectivity index (χ0v) is 16.5. The van der Waals surface area contributed by atoms with Crippen molar-refractivity contribution in [3.8, 4) is 5.75 Å². The molecule has 1 aromatic carbocycles. The summed E-state index contributed by atoms with van der Waals surface area (Å²) >= 11 is 1.59. The molecule has 1 aliphatic heterocycles. The lowest BCUT2D eigenvalue weighted by Crippen LogP contribution is -2.42. The Morgan fingerprint density at radius 2 is 2.07 bits per heavy atom. The molecule has 1 saturated heterocycles. The molecule has 1 aromatic heterocycles. The summed E-state index contributed by atoms with van der Waals surface area (Å²) in [5, 5.41) is 2.99. The van der Waals surface area contributed by atoms with Gasteiger partial charge in [0.15, 0.2) is 0 Å². The maximum Gasteiger partial charge on any atom is 0.310 e. The van der Waals surface area contributed by atoms with Crippen molar-refractivity contribution in [1.29, 1.82) is 0 Å². The lowest BCUT2D eigenvalue weighted by atomic mass is 9.97. The summed E-state index contributed by atoms with van der Waals surface area (Å²) in [6, 6.07) is 7.11. The molecule has 1 amide bonds. The fourth-order valence-electron chi connectivity index (χ4n) is 3.12. The topological polar surface area (TPSA) is 68.7 Å². The van der Waals surface area contributed by atoms with Gasteiger partial charge in [-0.1, -0.05) is 0 Å². The molecule has 144 valence electrons. The van der Waals surface area contributed by atoms with Crippen LogP contribution >= 0.6 is 11.3 Å². The van der Waals surface area contributed by atoms with E-state index in [-0.39, 0.29) is 17.8 Å². The molecule has 0 bridgehead atoms. The summed E-state index contributed by atoms with van der Waals surface area (Å²) in [5.41, 5.74) is 1.49. The molecule has 0 aliphatic carbocycles. The summed E-state index contributed by atoms with van der Waals surface area (Å²) in [5.74, 6) is 0.189. The van der Waals surface area contributed by atoms with Gasteiger partial charge in [0.1, 0.15) is 12.4 Å². The number of amides is 1. The third-order valence-corrected chi connectivity index (χ3v) is 5.31. The molecule has 0 radical (unpaired) electrons. The Labute approximate surface area is 163 Å². The van der Waals surface area contributed by atoms with Crippen molar-refractivity contribution in [1.82, 2.24) is 9.88 Å². The molecule has 0 spiro atoms. The van der Waals surface area contributed by atoms with Gasteiger partial charge in [-0.2, -0.15) is 0 Å². The zero-order chi connectivity index (χ0) is 19.2. The lowest BCUT2D eigenvalue weighted by Gasteiger charge is -2.31. The SMILES string of the molecule is CCOC(=O)[C@H]1CCCN(C(=O)c2ccc(OCc3csc(C)n3)cc2)C1. The van der Waals surface area contributed by atoms with Crippen LogP contribution in [-0.4, -0.2) is 41.5 Å². The van der Waals surface area contributed by atoms with Crippen LogP contribution in [-0.2, 0) is 16.1 Å². The average molecular weight is 388 g/mol. The number of benzene rings is 1. The van der Waals surface area contributed by atoms with Crippen LogP contribution in [0.5, 0.6) is 5.75 Å². The number of piperidine rings is 1. The molecule has 0 unspecified atom stereocenters. The predicted octanol–water partition coefficient (Wildman–Crippen LogP) is 3.45. The van der Waals surface area contributed by atoms with Gasteiger partial charge in [-0.25, -0.2) is 4.98 Å². The highest BCUT2D eigenvalue weighted by Gasteiger charge is 2.29. The minimum Gasteiger partial charge on any atom is -0.487 e. The first-order valence-corrected chi connectivity index (χ1v) is 10.0. The number of carbonyl (C=O) groups excluding carboxylic acids is 2. The number of aryl methyl sites for hydroxylation is 1. The highest BCUT2D eigenvalue weighted by atomic mass is 32.1. The fraction of sp³-hybridized carbons (Fsp3) is 0.450. The van der Waals surface area contributed by atoms with Crippen LogP contribution in [0, 0.1) is 12.8 Å². The van der Waals surface area contributed by atoms with Crippen molar-refractivity contribution in [2.24, 2.45) is 5.92 Å². The number of rotatable bonds is 6. The number of nitrogens with zero attached hydrogens (tertiary/aromatic N) is 2. The van der Waals surface area contributed by atoms with Crippen molar-refractivity contribution >= 4 is 23.2 Å². The van der Waals surface area contributed by atoms with Gasteiger partial charge in [-0.05, 0) is 51.0 Å². The van der Waals surface area contributed by atoms with E-state index in [0.717, 1.165) is 23.5 Å². The molecule has 6 nitrogen and oxygen atoms in total. The molecule has 1 fully saturated rings. The number of esters is 1. The van der Waals surface area contributed by atoms with Crippen LogP contribution in [0.3, 0.4) is 0 Å². The largest absolute Gasteiger partial charge is 0.487 e. The van der Waals surface area contributed by atoms with Crippen LogP contribution in [0.4, 0.5) is 0 Å². The van der Waals surface area contributed by atoms with Crippen LogP contribution in [0.15, 0.2) is 29.6 Å². The molecule has 1 atom stereocenters. The zero-order valence-electron chi connectivity index (χ0n) is 15.6. The van der Waals surface area contributed by atoms with Crippen molar-refractivity contribution in [2.75, 3.05) is 19.7 Å². The molecular formula is C20H24N2O4S. The van der Waals surface area contributed by atoms with Crippen molar-refractivity contribution in [2.45, 2.75) is 33.3 Å². The minimum atomic E-state index is -0.230. The Hall–Kier alpha value is -2.41. The van der Waals surface area contributed by atoms with Crippen LogP contribution in [0.2, 0.25) is 0 Å². The van der Waals surface area contributed by atoms with E-state index in [4.69, 9.17) is 9.47 Å². The molecule has 2 heterocycles. The summed E-state index contributed by atoms with van der Waals surface area (Å²) in [7, 11) is 0. The quantitative estimate of drug-likeness (QED) is 0.709. The van der Waals surface area contributed by atoms with Gasteiger partial charge in [0.2, 0.25) is 0 Å². The summed E-state index contributed by atoms with van der Waals surface area (Å²) in [6.07, 6.45) is 1.58. The van der Waals surface area contributed by atoms with Gasteiger partial charge >= 0.3 is 5.97 Å².